The zero-order valence-corrected chi connectivity index (χ0v) is 15.3. The van der Waals surface area contributed by atoms with Gasteiger partial charge in [0.2, 0.25) is 0 Å². The molecule has 0 amide bonds. The molecule has 0 aliphatic heterocycles. The van der Waals surface area contributed by atoms with Crippen LogP contribution in [0, 0.1) is 6.92 Å². The molecule has 0 radical (unpaired) electrons. The highest BCUT2D eigenvalue weighted by molar-refractivity contribution is 5.79. The van der Waals surface area contributed by atoms with Crippen LogP contribution in [0.25, 0.3) is 22.3 Å². The Hall–Kier alpha value is -2.88. The first-order valence-electron chi connectivity index (χ1n) is 8.81. The van der Waals surface area contributed by atoms with Crippen molar-refractivity contribution in [2.75, 3.05) is 6.54 Å². The third kappa shape index (κ3) is 4.02. The van der Waals surface area contributed by atoms with Gasteiger partial charge < -0.3 is 9.52 Å². The SMILES string of the molecule is Cc1ccc2oc(-c3ccc(C(C)C)cc3)cc(=NCCC(=O)O)c2c1. The fraction of sp³-hybridized carbons (Fsp3) is 0.273. The van der Waals surface area contributed by atoms with Gasteiger partial charge in [-0.1, -0.05) is 49.7 Å². The van der Waals surface area contributed by atoms with Crippen molar-refractivity contribution in [1.29, 1.82) is 0 Å². The van der Waals surface area contributed by atoms with Crippen LogP contribution in [0.4, 0.5) is 0 Å². The minimum Gasteiger partial charge on any atom is -0.481 e. The van der Waals surface area contributed by atoms with E-state index in [1.807, 2.05) is 31.2 Å². The molecule has 0 aliphatic carbocycles. The molecule has 0 atom stereocenters. The van der Waals surface area contributed by atoms with E-state index < -0.39 is 5.97 Å². The van der Waals surface area contributed by atoms with Gasteiger partial charge in [-0.05, 0) is 30.5 Å². The van der Waals surface area contributed by atoms with Crippen molar-refractivity contribution < 1.29 is 14.3 Å². The smallest absolute Gasteiger partial charge is 0.305 e. The second-order valence-electron chi connectivity index (χ2n) is 6.80. The highest BCUT2D eigenvalue weighted by atomic mass is 16.4. The van der Waals surface area contributed by atoms with E-state index in [0.29, 0.717) is 5.92 Å². The van der Waals surface area contributed by atoms with Crippen molar-refractivity contribution in [3.63, 3.8) is 0 Å². The number of carbonyl (C=O) groups is 1. The van der Waals surface area contributed by atoms with Crippen LogP contribution < -0.4 is 5.36 Å². The van der Waals surface area contributed by atoms with Crippen molar-refractivity contribution in [2.45, 2.75) is 33.1 Å². The van der Waals surface area contributed by atoms with E-state index in [2.05, 4.69) is 43.1 Å². The number of hydrogen-bond donors (Lipinski definition) is 1. The molecule has 0 bridgehead atoms. The summed E-state index contributed by atoms with van der Waals surface area (Å²) in [5.74, 6) is 0.354. The Labute approximate surface area is 152 Å². The Morgan fingerprint density at radius 1 is 1.12 bits per heavy atom. The van der Waals surface area contributed by atoms with Crippen LogP contribution in [-0.4, -0.2) is 17.6 Å². The lowest BCUT2D eigenvalue weighted by Crippen LogP contribution is -2.07. The maximum atomic E-state index is 10.8. The predicted molar refractivity (Wildman–Crippen MR) is 103 cm³/mol. The number of aryl methyl sites for hydroxylation is 1. The molecular formula is C22H23NO3. The van der Waals surface area contributed by atoms with Gasteiger partial charge in [-0.2, -0.15) is 0 Å². The molecular weight excluding hydrogens is 326 g/mol. The number of nitrogens with zero attached hydrogens (tertiary/aromatic N) is 1. The molecule has 1 heterocycles. The number of carboxylic acids is 1. The van der Waals surface area contributed by atoms with Gasteiger partial charge in [0, 0.05) is 17.0 Å². The average Bonchev–Trinajstić information content (AvgIpc) is 2.61. The Kier molecular flexibility index (Phi) is 5.21. The molecule has 1 aromatic heterocycles. The number of rotatable bonds is 5. The second kappa shape index (κ2) is 7.56. The summed E-state index contributed by atoms with van der Waals surface area (Å²) in [6, 6.07) is 16.2. The molecule has 0 saturated heterocycles. The van der Waals surface area contributed by atoms with Gasteiger partial charge in [-0.3, -0.25) is 9.79 Å². The quantitative estimate of drug-likeness (QED) is 0.712. The Morgan fingerprint density at radius 3 is 2.50 bits per heavy atom. The summed E-state index contributed by atoms with van der Waals surface area (Å²) < 4.78 is 6.09. The van der Waals surface area contributed by atoms with E-state index in [0.717, 1.165) is 33.2 Å². The van der Waals surface area contributed by atoms with Gasteiger partial charge in [-0.25, -0.2) is 0 Å². The minimum atomic E-state index is -0.848. The van der Waals surface area contributed by atoms with E-state index in [4.69, 9.17) is 9.52 Å². The van der Waals surface area contributed by atoms with Crippen LogP contribution in [-0.2, 0) is 4.79 Å². The molecule has 0 saturated carbocycles. The molecule has 1 N–H and O–H groups in total. The molecule has 0 spiro atoms. The Bertz CT molecular complexity index is 998. The standard InChI is InChI=1S/C22H23NO3/c1-14(2)16-5-7-17(8-6-16)21-13-19(23-11-10-22(24)25)18-12-15(3)4-9-20(18)26-21/h4-9,12-14H,10-11H2,1-3H3,(H,24,25). The largest absolute Gasteiger partial charge is 0.481 e. The minimum absolute atomic E-state index is 0.0117. The third-order valence-corrected chi connectivity index (χ3v) is 4.37. The maximum absolute atomic E-state index is 10.8. The zero-order chi connectivity index (χ0) is 18.7. The number of hydrogen-bond acceptors (Lipinski definition) is 3. The summed E-state index contributed by atoms with van der Waals surface area (Å²) in [6.45, 7) is 6.58. The van der Waals surface area contributed by atoms with Gasteiger partial charge in [0.15, 0.2) is 0 Å². The van der Waals surface area contributed by atoms with E-state index in [1.165, 1.54) is 5.56 Å². The first kappa shape index (κ1) is 17.9. The van der Waals surface area contributed by atoms with Crippen LogP contribution in [0.2, 0.25) is 0 Å². The van der Waals surface area contributed by atoms with Gasteiger partial charge in [0.25, 0.3) is 0 Å². The highest BCUT2D eigenvalue weighted by Gasteiger charge is 2.07. The summed E-state index contributed by atoms with van der Waals surface area (Å²) in [6.07, 6.45) is 0.0117. The fourth-order valence-corrected chi connectivity index (χ4v) is 2.86. The normalized spacial score (nSPS) is 12.1. The lowest BCUT2D eigenvalue weighted by atomic mass is 10.0. The molecule has 0 unspecified atom stereocenters. The summed E-state index contributed by atoms with van der Waals surface area (Å²) in [4.78, 5) is 15.3. The van der Waals surface area contributed by atoms with Crippen molar-refractivity contribution in [3.05, 3.63) is 65.0 Å². The molecule has 4 nitrogen and oxygen atoms in total. The van der Waals surface area contributed by atoms with Gasteiger partial charge in [-0.15, -0.1) is 0 Å². The molecule has 2 aromatic carbocycles. The number of fused-ring (bicyclic) bond motifs is 1. The average molecular weight is 349 g/mol. The predicted octanol–water partition coefficient (Wildman–Crippen LogP) is 4.91. The van der Waals surface area contributed by atoms with Crippen LogP contribution in [0.3, 0.4) is 0 Å². The van der Waals surface area contributed by atoms with Crippen LogP contribution in [0.1, 0.15) is 37.3 Å². The molecule has 4 heteroatoms. The van der Waals surface area contributed by atoms with E-state index in [9.17, 15) is 4.79 Å². The van der Waals surface area contributed by atoms with Gasteiger partial charge in [0.05, 0.1) is 18.3 Å². The molecule has 134 valence electrons. The summed E-state index contributed by atoms with van der Waals surface area (Å²) in [5.41, 5.74) is 4.11. The molecule has 0 aliphatic rings. The summed E-state index contributed by atoms with van der Waals surface area (Å²) in [7, 11) is 0. The van der Waals surface area contributed by atoms with Crippen LogP contribution in [0.5, 0.6) is 0 Å². The van der Waals surface area contributed by atoms with Crippen LogP contribution >= 0.6 is 0 Å². The molecule has 26 heavy (non-hydrogen) atoms. The van der Waals surface area contributed by atoms with Crippen molar-refractivity contribution in [3.8, 4) is 11.3 Å². The van der Waals surface area contributed by atoms with Crippen molar-refractivity contribution in [2.24, 2.45) is 4.99 Å². The van der Waals surface area contributed by atoms with E-state index in [-0.39, 0.29) is 13.0 Å². The Morgan fingerprint density at radius 2 is 1.85 bits per heavy atom. The van der Waals surface area contributed by atoms with Gasteiger partial charge in [0.1, 0.15) is 11.3 Å². The zero-order valence-electron chi connectivity index (χ0n) is 15.3. The van der Waals surface area contributed by atoms with Crippen molar-refractivity contribution in [1.82, 2.24) is 0 Å². The topological polar surface area (TPSA) is 62.8 Å². The van der Waals surface area contributed by atoms with Crippen LogP contribution in [0.15, 0.2) is 57.9 Å². The molecule has 3 rings (SSSR count). The first-order valence-corrected chi connectivity index (χ1v) is 8.81. The lowest BCUT2D eigenvalue weighted by molar-refractivity contribution is -0.136. The number of aliphatic carboxylic acids is 1. The Balaban J connectivity index is 2.11. The van der Waals surface area contributed by atoms with Gasteiger partial charge >= 0.3 is 5.97 Å². The molecule has 3 aromatic rings. The lowest BCUT2D eigenvalue weighted by Gasteiger charge is -2.08. The number of benzene rings is 2. The molecule has 0 fully saturated rings. The third-order valence-electron chi connectivity index (χ3n) is 4.37. The van der Waals surface area contributed by atoms with Crippen molar-refractivity contribution >= 4 is 16.9 Å². The summed E-state index contributed by atoms with van der Waals surface area (Å²) in [5, 5.41) is 10.5. The fourth-order valence-electron chi connectivity index (χ4n) is 2.86. The monoisotopic (exact) mass is 349 g/mol. The maximum Gasteiger partial charge on any atom is 0.305 e. The number of carboxylic acid groups (broad SMARTS) is 1. The van der Waals surface area contributed by atoms with E-state index >= 15 is 0 Å². The second-order valence-corrected chi connectivity index (χ2v) is 6.80. The summed E-state index contributed by atoms with van der Waals surface area (Å²) >= 11 is 0. The first-order chi connectivity index (χ1) is 12.4. The highest BCUT2D eigenvalue weighted by Crippen LogP contribution is 2.25. The van der Waals surface area contributed by atoms with E-state index in [1.54, 1.807) is 0 Å².